The number of aliphatic hydroxyl groups excluding tert-OH is 1. The number of aliphatic hydroxyl groups is 1. The highest BCUT2D eigenvalue weighted by Gasteiger charge is 2.07. The van der Waals surface area contributed by atoms with E-state index in [0.717, 1.165) is 21.8 Å². The second-order valence-electron chi connectivity index (χ2n) is 3.56. The minimum Gasteiger partial charge on any atom is -0.396 e. The first-order valence-corrected chi connectivity index (χ1v) is 5.45. The van der Waals surface area contributed by atoms with Crippen molar-refractivity contribution in [3.8, 4) is 0 Å². The molecular formula is C12H12ClNO2. The predicted molar refractivity (Wildman–Crippen MR) is 61.6 cm³/mol. The summed E-state index contributed by atoms with van der Waals surface area (Å²) in [6, 6.07) is 7.62. The molecular weight excluding hydrogens is 226 g/mol. The van der Waals surface area contributed by atoms with E-state index in [-0.39, 0.29) is 6.61 Å². The molecule has 3 nitrogen and oxygen atoms in total. The van der Waals surface area contributed by atoms with Gasteiger partial charge in [0.05, 0.1) is 5.69 Å². The lowest BCUT2D eigenvalue weighted by molar-refractivity contribution is 0.299. The summed E-state index contributed by atoms with van der Waals surface area (Å²) in [5.41, 5.74) is 2.95. The Labute approximate surface area is 98.6 Å². The van der Waals surface area contributed by atoms with Crippen LogP contribution in [0.2, 0.25) is 5.02 Å². The average molecular weight is 238 g/mol. The van der Waals surface area contributed by atoms with Crippen molar-refractivity contribution in [3.63, 3.8) is 0 Å². The summed E-state index contributed by atoms with van der Waals surface area (Å²) < 4.78 is 4.91. The van der Waals surface area contributed by atoms with Crippen molar-refractivity contribution in [2.75, 3.05) is 6.61 Å². The van der Waals surface area contributed by atoms with Gasteiger partial charge in [0.1, 0.15) is 6.26 Å². The summed E-state index contributed by atoms with van der Waals surface area (Å²) in [4.78, 5) is 0. The summed E-state index contributed by atoms with van der Waals surface area (Å²) in [5.74, 6) is 0. The zero-order valence-electron chi connectivity index (χ0n) is 8.69. The first-order chi connectivity index (χ1) is 7.79. The number of rotatable bonds is 4. The maximum absolute atomic E-state index is 8.88. The van der Waals surface area contributed by atoms with E-state index in [9.17, 15) is 0 Å². The predicted octanol–water partition coefficient (Wildman–Crippen LogP) is 2.45. The fourth-order valence-electron chi connectivity index (χ4n) is 1.55. The van der Waals surface area contributed by atoms with Gasteiger partial charge in [-0.15, -0.1) is 0 Å². The Bertz CT molecular complexity index is 450. The third-order valence-corrected chi connectivity index (χ3v) is 2.65. The molecule has 0 aliphatic carbocycles. The summed E-state index contributed by atoms with van der Waals surface area (Å²) in [5, 5.41) is 13.5. The third-order valence-electron chi connectivity index (χ3n) is 2.39. The lowest BCUT2D eigenvalue weighted by Crippen LogP contribution is -1.96. The van der Waals surface area contributed by atoms with E-state index in [2.05, 4.69) is 5.16 Å². The molecule has 1 heterocycles. The van der Waals surface area contributed by atoms with Gasteiger partial charge in [-0.05, 0) is 17.7 Å². The van der Waals surface area contributed by atoms with Crippen LogP contribution in [0.15, 0.2) is 35.1 Å². The van der Waals surface area contributed by atoms with Crippen molar-refractivity contribution < 1.29 is 9.63 Å². The molecule has 0 bridgehead atoms. The van der Waals surface area contributed by atoms with Gasteiger partial charge in [-0.2, -0.15) is 0 Å². The van der Waals surface area contributed by atoms with Gasteiger partial charge in [0, 0.05) is 30.0 Å². The Kier molecular flexibility index (Phi) is 3.59. The fourth-order valence-corrected chi connectivity index (χ4v) is 1.67. The first kappa shape index (κ1) is 11.2. The largest absolute Gasteiger partial charge is 0.396 e. The summed E-state index contributed by atoms with van der Waals surface area (Å²) in [7, 11) is 0. The van der Waals surface area contributed by atoms with Gasteiger partial charge in [-0.3, -0.25) is 0 Å². The monoisotopic (exact) mass is 237 g/mol. The summed E-state index contributed by atoms with van der Waals surface area (Å²) >= 11 is 5.81. The Morgan fingerprint density at radius 3 is 2.69 bits per heavy atom. The summed E-state index contributed by atoms with van der Waals surface area (Å²) in [6.45, 7) is 0.106. The maximum Gasteiger partial charge on any atom is 0.127 e. The molecule has 16 heavy (non-hydrogen) atoms. The third kappa shape index (κ3) is 2.62. The van der Waals surface area contributed by atoms with Crippen LogP contribution in [-0.4, -0.2) is 16.9 Å². The molecule has 0 atom stereocenters. The molecule has 0 aliphatic heterocycles. The molecule has 0 amide bonds. The molecule has 1 aromatic heterocycles. The van der Waals surface area contributed by atoms with Crippen molar-refractivity contribution in [2.45, 2.75) is 12.8 Å². The maximum atomic E-state index is 8.88. The minimum atomic E-state index is 0.106. The molecule has 0 aliphatic rings. The number of hydrogen-bond donors (Lipinski definition) is 1. The van der Waals surface area contributed by atoms with Gasteiger partial charge in [0.2, 0.25) is 0 Å². The molecule has 0 fully saturated rings. The Balaban J connectivity index is 2.13. The Morgan fingerprint density at radius 2 is 2.00 bits per heavy atom. The molecule has 84 valence electrons. The average Bonchev–Trinajstić information content (AvgIpc) is 2.70. The van der Waals surface area contributed by atoms with Crippen LogP contribution in [0.4, 0.5) is 0 Å². The van der Waals surface area contributed by atoms with Crippen LogP contribution < -0.4 is 0 Å². The van der Waals surface area contributed by atoms with Gasteiger partial charge in [-0.1, -0.05) is 28.9 Å². The lowest BCUT2D eigenvalue weighted by atomic mass is 10.1. The molecule has 1 aromatic carbocycles. The smallest absolute Gasteiger partial charge is 0.127 e. The van der Waals surface area contributed by atoms with Crippen molar-refractivity contribution >= 4 is 11.6 Å². The van der Waals surface area contributed by atoms with E-state index in [1.54, 1.807) is 6.26 Å². The Hall–Kier alpha value is -1.32. The van der Waals surface area contributed by atoms with Gasteiger partial charge >= 0.3 is 0 Å². The zero-order valence-corrected chi connectivity index (χ0v) is 9.44. The first-order valence-electron chi connectivity index (χ1n) is 5.07. The molecule has 0 spiro atoms. The molecule has 2 aromatic rings. The molecule has 0 saturated heterocycles. The van der Waals surface area contributed by atoms with Gasteiger partial charge in [0.15, 0.2) is 0 Å². The van der Waals surface area contributed by atoms with Crippen LogP contribution in [0.25, 0.3) is 0 Å². The van der Waals surface area contributed by atoms with E-state index < -0.39 is 0 Å². The highest BCUT2D eigenvalue weighted by atomic mass is 35.5. The van der Waals surface area contributed by atoms with Crippen LogP contribution in [-0.2, 0) is 12.8 Å². The van der Waals surface area contributed by atoms with Crippen LogP contribution in [0.5, 0.6) is 0 Å². The van der Waals surface area contributed by atoms with Crippen LogP contribution in [0.3, 0.4) is 0 Å². The SMILES string of the molecule is OCCc1conc1Cc1ccc(Cl)cc1. The Morgan fingerprint density at radius 1 is 1.25 bits per heavy atom. The quantitative estimate of drug-likeness (QED) is 0.889. The standard InChI is InChI=1S/C12H12ClNO2/c13-11-3-1-9(2-4-11)7-12-10(5-6-15)8-16-14-12/h1-4,8,15H,5-7H2. The van der Waals surface area contributed by atoms with E-state index >= 15 is 0 Å². The fraction of sp³-hybridized carbons (Fsp3) is 0.250. The second kappa shape index (κ2) is 5.14. The second-order valence-corrected chi connectivity index (χ2v) is 4.00. The van der Waals surface area contributed by atoms with Crippen LogP contribution >= 0.6 is 11.6 Å². The number of aromatic nitrogens is 1. The highest BCUT2D eigenvalue weighted by molar-refractivity contribution is 6.30. The van der Waals surface area contributed by atoms with Gasteiger partial charge < -0.3 is 9.63 Å². The van der Waals surface area contributed by atoms with Crippen LogP contribution in [0, 0.1) is 0 Å². The number of halogens is 1. The van der Waals surface area contributed by atoms with Crippen LogP contribution in [0.1, 0.15) is 16.8 Å². The van der Waals surface area contributed by atoms with E-state index in [0.29, 0.717) is 12.8 Å². The highest BCUT2D eigenvalue weighted by Crippen LogP contribution is 2.15. The van der Waals surface area contributed by atoms with Crippen molar-refractivity contribution in [1.29, 1.82) is 0 Å². The zero-order chi connectivity index (χ0) is 11.4. The van der Waals surface area contributed by atoms with E-state index in [1.807, 2.05) is 24.3 Å². The summed E-state index contributed by atoms with van der Waals surface area (Å²) in [6.07, 6.45) is 2.86. The molecule has 0 radical (unpaired) electrons. The topological polar surface area (TPSA) is 46.3 Å². The van der Waals surface area contributed by atoms with Gasteiger partial charge in [-0.25, -0.2) is 0 Å². The number of hydrogen-bond acceptors (Lipinski definition) is 3. The normalized spacial score (nSPS) is 10.6. The minimum absolute atomic E-state index is 0.106. The number of benzene rings is 1. The molecule has 0 unspecified atom stereocenters. The van der Waals surface area contributed by atoms with Crippen molar-refractivity contribution in [1.82, 2.24) is 5.16 Å². The number of nitrogens with zero attached hydrogens (tertiary/aromatic N) is 1. The van der Waals surface area contributed by atoms with Crippen molar-refractivity contribution in [2.24, 2.45) is 0 Å². The van der Waals surface area contributed by atoms with Gasteiger partial charge in [0.25, 0.3) is 0 Å². The lowest BCUT2D eigenvalue weighted by Gasteiger charge is -2.00. The van der Waals surface area contributed by atoms with E-state index in [4.69, 9.17) is 21.2 Å². The van der Waals surface area contributed by atoms with Crippen molar-refractivity contribution in [3.05, 3.63) is 52.4 Å². The molecule has 0 saturated carbocycles. The molecule has 1 N–H and O–H groups in total. The molecule has 4 heteroatoms. The molecule has 2 rings (SSSR count). The van der Waals surface area contributed by atoms with E-state index in [1.165, 1.54) is 0 Å².